The Hall–Kier alpha value is -3.22. The average molecular weight is 366 g/mol. The SMILES string of the molecule is C=CCn1c(-c2ccc(F)cc2)cn2cc(C(=O)NC3CCC3)nc2c1=O. The molecule has 0 saturated heterocycles. The number of nitrogens with one attached hydrogen (secondary N) is 1. The van der Waals surface area contributed by atoms with Crippen LogP contribution in [0, 0.1) is 5.82 Å². The second-order valence-electron chi connectivity index (χ2n) is 6.68. The molecule has 1 aliphatic carbocycles. The van der Waals surface area contributed by atoms with Crippen LogP contribution in [0.3, 0.4) is 0 Å². The second kappa shape index (κ2) is 6.83. The second-order valence-corrected chi connectivity index (χ2v) is 6.68. The fraction of sp³-hybridized carbons (Fsp3) is 0.250. The molecule has 7 heteroatoms. The van der Waals surface area contributed by atoms with E-state index in [1.165, 1.54) is 16.7 Å². The van der Waals surface area contributed by atoms with Crippen LogP contribution in [0.5, 0.6) is 0 Å². The van der Waals surface area contributed by atoms with Gasteiger partial charge in [-0.05, 0) is 49.1 Å². The number of hydrogen-bond donors (Lipinski definition) is 1. The molecule has 3 aromatic rings. The lowest BCUT2D eigenvalue weighted by Crippen LogP contribution is -2.39. The molecular formula is C20H19FN4O2. The molecule has 1 saturated carbocycles. The van der Waals surface area contributed by atoms with Crippen molar-refractivity contribution in [2.45, 2.75) is 31.8 Å². The van der Waals surface area contributed by atoms with Gasteiger partial charge in [-0.2, -0.15) is 0 Å². The van der Waals surface area contributed by atoms with Crippen LogP contribution in [0.1, 0.15) is 29.8 Å². The normalized spacial score (nSPS) is 14.1. The maximum Gasteiger partial charge on any atom is 0.295 e. The maximum absolute atomic E-state index is 13.3. The monoisotopic (exact) mass is 366 g/mol. The Morgan fingerprint density at radius 1 is 1.30 bits per heavy atom. The standard InChI is InChI=1S/C20H19FN4O2/c1-2-10-25-17(13-6-8-14(21)9-7-13)12-24-11-16(23-18(24)20(25)27)19(26)22-15-4-3-5-15/h2,6-9,11-12,15H,1,3-5,10H2,(H,22,26). The van der Waals surface area contributed by atoms with Crippen molar-refractivity contribution < 1.29 is 9.18 Å². The lowest BCUT2D eigenvalue weighted by molar-refractivity contribution is 0.0912. The fourth-order valence-corrected chi connectivity index (χ4v) is 3.16. The lowest BCUT2D eigenvalue weighted by Gasteiger charge is -2.25. The quantitative estimate of drug-likeness (QED) is 0.706. The molecule has 1 aliphatic rings. The van der Waals surface area contributed by atoms with Gasteiger partial charge < -0.3 is 5.32 Å². The molecule has 0 aliphatic heterocycles. The van der Waals surface area contributed by atoms with Crippen molar-refractivity contribution in [2.75, 3.05) is 0 Å². The highest BCUT2D eigenvalue weighted by atomic mass is 19.1. The van der Waals surface area contributed by atoms with E-state index in [0.29, 0.717) is 11.3 Å². The summed E-state index contributed by atoms with van der Waals surface area (Å²) in [7, 11) is 0. The zero-order chi connectivity index (χ0) is 19.0. The van der Waals surface area contributed by atoms with E-state index in [2.05, 4.69) is 16.9 Å². The zero-order valence-corrected chi connectivity index (χ0v) is 14.7. The number of carbonyl (C=O) groups is 1. The van der Waals surface area contributed by atoms with E-state index in [0.717, 1.165) is 19.3 Å². The number of benzene rings is 1. The van der Waals surface area contributed by atoms with Gasteiger partial charge in [-0.15, -0.1) is 6.58 Å². The summed E-state index contributed by atoms with van der Waals surface area (Å²) in [5, 5.41) is 2.92. The van der Waals surface area contributed by atoms with Gasteiger partial charge >= 0.3 is 0 Å². The Labute approximate surface area is 155 Å². The predicted molar refractivity (Wildman–Crippen MR) is 100 cm³/mol. The van der Waals surface area contributed by atoms with E-state index in [9.17, 15) is 14.0 Å². The lowest BCUT2D eigenvalue weighted by atomic mass is 9.93. The number of nitrogens with zero attached hydrogens (tertiary/aromatic N) is 3. The van der Waals surface area contributed by atoms with E-state index >= 15 is 0 Å². The minimum Gasteiger partial charge on any atom is -0.348 e. The van der Waals surface area contributed by atoms with Crippen LogP contribution in [-0.4, -0.2) is 25.9 Å². The summed E-state index contributed by atoms with van der Waals surface area (Å²) in [4.78, 5) is 29.5. The van der Waals surface area contributed by atoms with Crippen molar-refractivity contribution in [1.82, 2.24) is 19.3 Å². The number of carbonyl (C=O) groups excluding carboxylic acids is 1. The number of amides is 1. The van der Waals surface area contributed by atoms with Gasteiger partial charge in [-0.25, -0.2) is 9.37 Å². The maximum atomic E-state index is 13.3. The van der Waals surface area contributed by atoms with Crippen LogP contribution in [0.15, 0.2) is 54.1 Å². The van der Waals surface area contributed by atoms with Gasteiger partial charge in [0.1, 0.15) is 11.5 Å². The van der Waals surface area contributed by atoms with E-state index in [1.54, 1.807) is 35.0 Å². The predicted octanol–water partition coefficient (Wildman–Crippen LogP) is 2.77. The molecule has 1 fully saturated rings. The summed E-state index contributed by atoms with van der Waals surface area (Å²) >= 11 is 0. The molecular weight excluding hydrogens is 347 g/mol. The van der Waals surface area contributed by atoms with Crippen LogP contribution in [0.4, 0.5) is 4.39 Å². The number of rotatable bonds is 5. The molecule has 0 unspecified atom stereocenters. The van der Waals surface area contributed by atoms with E-state index in [1.807, 2.05) is 0 Å². The Balaban J connectivity index is 1.81. The van der Waals surface area contributed by atoms with Crippen molar-refractivity contribution in [2.24, 2.45) is 0 Å². The number of imidazole rings is 1. The zero-order valence-electron chi connectivity index (χ0n) is 14.7. The Morgan fingerprint density at radius 3 is 2.67 bits per heavy atom. The molecule has 0 spiro atoms. The third kappa shape index (κ3) is 3.16. The Kier molecular flexibility index (Phi) is 4.35. The average Bonchev–Trinajstić information content (AvgIpc) is 3.06. The van der Waals surface area contributed by atoms with Gasteiger partial charge in [0.25, 0.3) is 11.5 Å². The smallest absolute Gasteiger partial charge is 0.295 e. The molecule has 2 aromatic heterocycles. The van der Waals surface area contributed by atoms with E-state index in [4.69, 9.17) is 0 Å². The summed E-state index contributed by atoms with van der Waals surface area (Å²) in [6.07, 6.45) is 7.94. The molecule has 0 atom stereocenters. The summed E-state index contributed by atoms with van der Waals surface area (Å²) in [6.45, 7) is 3.97. The topological polar surface area (TPSA) is 68.4 Å². The summed E-state index contributed by atoms with van der Waals surface area (Å²) in [5.41, 5.74) is 1.32. The van der Waals surface area contributed by atoms with Crippen molar-refractivity contribution in [3.8, 4) is 11.3 Å². The highest BCUT2D eigenvalue weighted by molar-refractivity contribution is 5.93. The van der Waals surface area contributed by atoms with Crippen LogP contribution < -0.4 is 10.9 Å². The van der Waals surface area contributed by atoms with Crippen LogP contribution >= 0.6 is 0 Å². The molecule has 6 nitrogen and oxygen atoms in total. The van der Waals surface area contributed by atoms with Gasteiger partial charge in [-0.1, -0.05) is 6.08 Å². The molecule has 138 valence electrons. The third-order valence-corrected chi connectivity index (χ3v) is 4.85. The van der Waals surface area contributed by atoms with Crippen LogP contribution in [0.25, 0.3) is 16.9 Å². The minimum absolute atomic E-state index is 0.168. The molecule has 1 N–H and O–H groups in total. The van der Waals surface area contributed by atoms with Crippen molar-refractivity contribution in [1.29, 1.82) is 0 Å². The van der Waals surface area contributed by atoms with Crippen molar-refractivity contribution >= 4 is 11.6 Å². The van der Waals surface area contributed by atoms with Crippen molar-refractivity contribution in [3.63, 3.8) is 0 Å². The van der Waals surface area contributed by atoms with Gasteiger partial charge in [0, 0.05) is 25.0 Å². The summed E-state index contributed by atoms with van der Waals surface area (Å²) < 4.78 is 16.3. The molecule has 27 heavy (non-hydrogen) atoms. The molecule has 0 bridgehead atoms. The first-order valence-corrected chi connectivity index (χ1v) is 8.87. The van der Waals surface area contributed by atoms with Gasteiger partial charge in [0.2, 0.25) is 5.65 Å². The number of aromatic nitrogens is 3. The largest absolute Gasteiger partial charge is 0.348 e. The first-order chi connectivity index (χ1) is 13.1. The van der Waals surface area contributed by atoms with E-state index in [-0.39, 0.29) is 41.2 Å². The first kappa shape index (κ1) is 17.2. The molecule has 1 aromatic carbocycles. The third-order valence-electron chi connectivity index (χ3n) is 4.85. The molecule has 1 amide bonds. The Morgan fingerprint density at radius 2 is 2.04 bits per heavy atom. The van der Waals surface area contributed by atoms with Crippen LogP contribution in [-0.2, 0) is 6.54 Å². The van der Waals surface area contributed by atoms with E-state index < -0.39 is 0 Å². The number of hydrogen-bond acceptors (Lipinski definition) is 3. The summed E-state index contributed by atoms with van der Waals surface area (Å²) in [5.74, 6) is -0.628. The van der Waals surface area contributed by atoms with Gasteiger partial charge in [0.15, 0.2) is 0 Å². The molecule has 4 rings (SSSR count). The highest BCUT2D eigenvalue weighted by Crippen LogP contribution is 2.21. The van der Waals surface area contributed by atoms with Gasteiger partial charge in [0.05, 0.1) is 5.69 Å². The van der Waals surface area contributed by atoms with Crippen molar-refractivity contribution in [3.05, 3.63) is 71.2 Å². The molecule has 0 radical (unpaired) electrons. The van der Waals surface area contributed by atoms with Gasteiger partial charge in [-0.3, -0.25) is 18.6 Å². The number of allylic oxidation sites excluding steroid dienone is 1. The number of fused-ring (bicyclic) bond motifs is 1. The molecule has 2 heterocycles. The minimum atomic E-state index is -0.352. The highest BCUT2D eigenvalue weighted by Gasteiger charge is 2.22. The first-order valence-electron chi connectivity index (χ1n) is 8.87. The Bertz CT molecular complexity index is 1080. The summed E-state index contributed by atoms with van der Waals surface area (Å²) in [6, 6.07) is 6.09. The fourth-order valence-electron chi connectivity index (χ4n) is 3.16. The number of halogens is 1. The van der Waals surface area contributed by atoms with Crippen LogP contribution in [0.2, 0.25) is 0 Å².